The number of nitrogens with zero attached hydrogens (tertiary/aromatic N) is 1. The molecule has 1 atom stereocenters. The monoisotopic (exact) mass is 307 g/mol. The van der Waals surface area contributed by atoms with Gasteiger partial charge < -0.3 is 10.0 Å². The lowest BCUT2D eigenvalue weighted by Crippen LogP contribution is -2.39. The fourth-order valence-electron chi connectivity index (χ4n) is 3.40. The van der Waals surface area contributed by atoms with Gasteiger partial charge in [-0.05, 0) is 56.1 Å². The van der Waals surface area contributed by atoms with Crippen LogP contribution in [0.1, 0.15) is 52.2 Å². The van der Waals surface area contributed by atoms with Crippen LogP contribution in [-0.2, 0) is 17.6 Å². The van der Waals surface area contributed by atoms with Crippen LogP contribution in [0.3, 0.4) is 0 Å². The van der Waals surface area contributed by atoms with Crippen LogP contribution in [0.5, 0.6) is 0 Å². The Morgan fingerprint density at radius 1 is 1.33 bits per heavy atom. The second-order valence-corrected chi connectivity index (χ2v) is 7.24. The highest BCUT2D eigenvalue weighted by Crippen LogP contribution is 2.32. The van der Waals surface area contributed by atoms with Crippen LogP contribution in [0.25, 0.3) is 0 Å². The Morgan fingerprint density at radius 3 is 2.95 bits per heavy atom. The molecule has 0 bridgehead atoms. The number of thiophene rings is 1. The summed E-state index contributed by atoms with van der Waals surface area (Å²) in [4.78, 5) is 27.5. The standard InChI is InChI=1S/C16H21NO3S/c18-15(19)7-6-11-3-2-8-17(10-11)16(20)14-9-12-4-1-5-13(12)21-14/h9,11H,1-8,10H2,(H,18,19). The topological polar surface area (TPSA) is 57.6 Å². The van der Waals surface area contributed by atoms with Gasteiger partial charge in [0.2, 0.25) is 0 Å². The molecule has 1 aromatic rings. The summed E-state index contributed by atoms with van der Waals surface area (Å²) in [5.41, 5.74) is 1.36. The minimum absolute atomic E-state index is 0.148. The average Bonchev–Trinajstić information content (AvgIpc) is 3.06. The molecule has 1 unspecified atom stereocenters. The summed E-state index contributed by atoms with van der Waals surface area (Å²) < 4.78 is 0. The van der Waals surface area contributed by atoms with Crippen LogP contribution < -0.4 is 0 Å². The van der Waals surface area contributed by atoms with Gasteiger partial charge in [-0.25, -0.2) is 0 Å². The third-order valence-electron chi connectivity index (χ3n) is 4.53. The van der Waals surface area contributed by atoms with E-state index >= 15 is 0 Å². The number of hydrogen-bond donors (Lipinski definition) is 1. The first-order valence-corrected chi connectivity index (χ1v) is 8.58. The van der Waals surface area contributed by atoms with Crippen molar-refractivity contribution in [1.82, 2.24) is 4.90 Å². The molecule has 3 rings (SSSR count). The molecule has 1 saturated heterocycles. The highest BCUT2D eigenvalue weighted by molar-refractivity contribution is 7.14. The van der Waals surface area contributed by atoms with E-state index in [4.69, 9.17) is 5.11 Å². The summed E-state index contributed by atoms with van der Waals surface area (Å²) in [6.07, 6.45) is 6.37. The molecular weight excluding hydrogens is 286 g/mol. The average molecular weight is 307 g/mol. The van der Waals surface area contributed by atoms with Gasteiger partial charge in [-0.2, -0.15) is 0 Å². The number of fused-ring (bicyclic) bond motifs is 1. The summed E-state index contributed by atoms with van der Waals surface area (Å²) in [6.45, 7) is 1.53. The second kappa shape index (κ2) is 6.18. The third-order valence-corrected chi connectivity index (χ3v) is 5.76. The molecule has 1 aliphatic carbocycles. The summed E-state index contributed by atoms with van der Waals surface area (Å²) >= 11 is 1.66. The van der Waals surface area contributed by atoms with Crippen LogP contribution in [0.15, 0.2) is 6.07 Å². The molecule has 1 aliphatic heterocycles. The molecule has 0 radical (unpaired) electrons. The zero-order valence-electron chi connectivity index (χ0n) is 12.1. The van der Waals surface area contributed by atoms with Crippen molar-refractivity contribution in [1.29, 1.82) is 0 Å². The molecule has 5 heteroatoms. The largest absolute Gasteiger partial charge is 0.481 e. The predicted molar refractivity (Wildman–Crippen MR) is 81.8 cm³/mol. The quantitative estimate of drug-likeness (QED) is 0.930. The van der Waals surface area contributed by atoms with Crippen molar-refractivity contribution in [3.63, 3.8) is 0 Å². The van der Waals surface area contributed by atoms with E-state index < -0.39 is 5.97 Å². The Labute approximate surface area is 128 Å². The number of aliphatic carboxylic acids is 1. The van der Waals surface area contributed by atoms with Crippen molar-refractivity contribution in [2.45, 2.75) is 44.9 Å². The molecule has 2 aliphatic rings. The number of likely N-dealkylation sites (tertiary alicyclic amines) is 1. The first kappa shape index (κ1) is 14.6. The van der Waals surface area contributed by atoms with Crippen molar-refractivity contribution in [3.8, 4) is 0 Å². The van der Waals surface area contributed by atoms with E-state index in [-0.39, 0.29) is 12.3 Å². The van der Waals surface area contributed by atoms with E-state index in [2.05, 4.69) is 6.07 Å². The van der Waals surface area contributed by atoms with Gasteiger partial charge in [0.15, 0.2) is 0 Å². The van der Waals surface area contributed by atoms with Crippen molar-refractivity contribution in [2.24, 2.45) is 5.92 Å². The molecule has 2 heterocycles. The molecule has 1 aromatic heterocycles. The van der Waals surface area contributed by atoms with E-state index in [9.17, 15) is 9.59 Å². The van der Waals surface area contributed by atoms with Gasteiger partial charge in [0.25, 0.3) is 5.91 Å². The number of carboxylic acids is 1. The molecule has 4 nitrogen and oxygen atoms in total. The number of aryl methyl sites for hydroxylation is 2. The maximum Gasteiger partial charge on any atom is 0.303 e. The number of rotatable bonds is 4. The maximum atomic E-state index is 12.6. The Bertz CT molecular complexity index is 530. The summed E-state index contributed by atoms with van der Waals surface area (Å²) in [6, 6.07) is 2.08. The molecule has 0 saturated carbocycles. The zero-order chi connectivity index (χ0) is 14.8. The first-order chi connectivity index (χ1) is 10.1. The number of carbonyl (C=O) groups excluding carboxylic acids is 1. The highest BCUT2D eigenvalue weighted by Gasteiger charge is 2.27. The minimum atomic E-state index is -0.742. The van der Waals surface area contributed by atoms with Crippen molar-refractivity contribution in [2.75, 3.05) is 13.1 Å². The number of hydrogen-bond acceptors (Lipinski definition) is 3. The van der Waals surface area contributed by atoms with Gasteiger partial charge in [0, 0.05) is 24.4 Å². The van der Waals surface area contributed by atoms with Crippen LogP contribution >= 0.6 is 11.3 Å². The fraction of sp³-hybridized carbons (Fsp3) is 0.625. The second-order valence-electron chi connectivity index (χ2n) is 6.10. The van der Waals surface area contributed by atoms with Crippen molar-refractivity contribution < 1.29 is 14.7 Å². The van der Waals surface area contributed by atoms with Gasteiger partial charge in [-0.1, -0.05) is 0 Å². The number of piperidine rings is 1. The predicted octanol–water partition coefficient (Wildman–Crippen LogP) is 2.95. The SMILES string of the molecule is O=C(O)CCC1CCCN(C(=O)c2cc3c(s2)CCC3)C1. The minimum Gasteiger partial charge on any atom is -0.481 e. The van der Waals surface area contributed by atoms with Crippen LogP contribution in [0.4, 0.5) is 0 Å². The molecule has 0 aromatic carbocycles. The third kappa shape index (κ3) is 3.28. The van der Waals surface area contributed by atoms with Crippen molar-refractivity contribution >= 4 is 23.2 Å². The molecule has 21 heavy (non-hydrogen) atoms. The summed E-state index contributed by atoms with van der Waals surface area (Å²) in [5.74, 6) is -0.256. The van der Waals surface area contributed by atoms with Crippen LogP contribution in [-0.4, -0.2) is 35.0 Å². The molecule has 1 amide bonds. The van der Waals surface area contributed by atoms with Gasteiger partial charge in [0.1, 0.15) is 0 Å². The first-order valence-electron chi connectivity index (χ1n) is 7.76. The summed E-state index contributed by atoms with van der Waals surface area (Å²) in [5, 5.41) is 8.79. The fourth-order valence-corrected chi connectivity index (χ4v) is 4.62. The van der Waals surface area contributed by atoms with Gasteiger partial charge in [-0.15, -0.1) is 11.3 Å². The smallest absolute Gasteiger partial charge is 0.303 e. The number of amides is 1. The van der Waals surface area contributed by atoms with Crippen LogP contribution in [0, 0.1) is 5.92 Å². The van der Waals surface area contributed by atoms with Gasteiger partial charge >= 0.3 is 5.97 Å². The van der Waals surface area contributed by atoms with Crippen molar-refractivity contribution in [3.05, 3.63) is 21.4 Å². The maximum absolute atomic E-state index is 12.6. The Balaban J connectivity index is 1.62. The molecule has 1 N–H and O–H groups in total. The lowest BCUT2D eigenvalue weighted by Gasteiger charge is -2.32. The highest BCUT2D eigenvalue weighted by atomic mass is 32.1. The van der Waals surface area contributed by atoms with E-state index in [1.165, 1.54) is 16.9 Å². The molecular formula is C16H21NO3S. The normalized spacial score (nSPS) is 21.3. The Kier molecular flexibility index (Phi) is 4.29. The molecule has 1 fully saturated rings. The van der Waals surface area contributed by atoms with E-state index in [0.29, 0.717) is 18.9 Å². The summed E-state index contributed by atoms with van der Waals surface area (Å²) in [7, 11) is 0. The Hall–Kier alpha value is -1.36. The zero-order valence-corrected chi connectivity index (χ0v) is 13.0. The van der Waals surface area contributed by atoms with Gasteiger partial charge in [-0.3, -0.25) is 9.59 Å². The molecule has 0 spiro atoms. The number of carbonyl (C=O) groups is 2. The molecule has 114 valence electrons. The lowest BCUT2D eigenvalue weighted by atomic mass is 9.93. The van der Waals surface area contributed by atoms with Gasteiger partial charge in [0.05, 0.1) is 4.88 Å². The Morgan fingerprint density at radius 2 is 2.19 bits per heavy atom. The lowest BCUT2D eigenvalue weighted by molar-refractivity contribution is -0.137. The van der Waals surface area contributed by atoms with Crippen LogP contribution in [0.2, 0.25) is 0 Å². The number of carboxylic acid groups (broad SMARTS) is 1. The van der Waals surface area contributed by atoms with E-state index in [1.54, 1.807) is 11.3 Å². The van der Waals surface area contributed by atoms with E-state index in [1.807, 2.05) is 4.90 Å². The van der Waals surface area contributed by atoms with E-state index in [0.717, 1.165) is 37.1 Å².